The van der Waals surface area contributed by atoms with Crippen molar-refractivity contribution in [1.29, 1.82) is 0 Å². The molecule has 3 aromatic rings. The van der Waals surface area contributed by atoms with Crippen molar-refractivity contribution < 1.29 is 26.4 Å². The first kappa shape index (κ1) is 24.2. The van der Waals surface area contributed by atoms with Crippen molar-refractivity contribution in [3.05, 3.63) is 89.2 Å². The predicted octanol–water partition coefficient (Wildman–Crippen LogP) is 4.10. The number of sulfonamides is 1. The van der Waals surface area contributed by atoms with Crippen molar-refractivity contribution in [1.82, 2.24) is 10.4 Å². The van der Waals surface area contributed by atoms with Crippen molar-refractivity contribution in [2.24, 2.45) is 5.10 Å². The molecule has 0 bridgehead atoms. The number of hydrazone groups is 1. The van der Waals surface area contributed by atoms with E-state index in [0.29, 0.717) is 15.9 Å². The lowest BCUT2D eigenvalue weighted by Crippen LogP contribution is -2.40. The molecule has 0 aliphatic rings. The van der Waals surface area contributed by atoms with Gasteiger partial charge in [-0.25, -0.2) is 13.8 Å². The van der Waals surface area contributed by atoms with Crippen LogP contribution in [0.3, 0.4) is 0 Å². The zero-order chi connectivity index (χ0) is 24.1. The fourth-order valence-corrected chi connectivity index (χ4v) is 4.42. The van der Waals surface area contributed by atoms with Gasteiger partial charge in [-0.1, -0.05) is 35.9 Å². The normalized spacial score (nSPS) is 12.0. The highest BCUT2D eigenvalue weighted by Gasteiger charge is 2.34. The summed E-state index contributed by atoms with van der Waals surface area (Å²) in [4.78, 5) is 16.1. The molecular formula is C21H16ClF3N4O3S. The SMILES string of the molecule is O=C(CN(c1cc(C(F)(F)F)ccc1Cl)S(=O)(=O)c1ccccc1)N/N=C/c1cccnc1. The number of benzene rings is 2. The van der Waals surface area contributed by atoms with Crippen LogP contribution < -0.4 is 9.73 Å². The smallest absolute Gasteiger partial charge is 0.271 e. The number of hydrogen-bond acceptors (Lipinski definition) is 5. The van der Waals surface area contributed by atoms with Gasteiger partial charge in [0.1, 0.15) is 6.54 Å². The van der Waals surface area contributed by atoms with E-state index in [-0.39, 0.29) is 9.92 Å². The van der Waals surface area contributed by atoms with E-state index in [1.165, 1.54) is 36.7 Å². The largest absolute Gasteiger partial charge is 0.416 e. The standard InChI is InChI=1S/C21H16ClF3N4O3S/c22-18-9-8-16(21(23,24)25)11-19(18)29(33(31,32)17-6-2-1-3-7-17)14-20(30)28-27-13-15-5-4-10-26-12-15/h1-13H,14H2,(H,28,30)/b27-13+. The van der Waals surface area contributed by atoms with Crippen LogP contribution in [-0.4, -0.2) is 32.1 Å². The van der Waals surface area contributed by atoms with Crippen molar-refractivity contribution >= 4 is 39.4 Å². The molecule has 0 aliphatic carbocycles. The maximum atomic E-state index is 13.3. The maximum absolute atomic E-state index is 13.3. The van der Waals surface area contributed by atoms with Crippen LogP contribution >= 0.6 is 11.6 Å². The molecule has 1 heterocycles. The Morgan fingerprint density at radius 1 is 1.12 bits per heavy atom. The Balaban J connectivity index is 1.97. The van der Waals surface area contributed by atoms with Gasteiger partial charge in [-0.05, 0) is 36.4 Å². The molecule has 1 amide bonds. The zero-order valence-electron chi connectivity index (χ0n) is 16.7. The van der Waals surface area contributed by atoms with E-state index in [4.69, 9.17) is 11.6 Å². The number of hydrogen-bond donors (Lipinski definition) is 1. The van der Waals surface area contributed by atoms with Gasteiger partial charge in [0.25, 0.3) is 15.9 Å². The molecule has 12 heteroatoms. The third kappa shape index (κ3) is 6.08. The van der Waals surface area contributed by atoms with Crippen LogP contribution in [0.15, 0.2) is 83.1 Å². The van der Waals surface area contributed by atoms with Gasteiger partial charge in [0.2, 0.25) is 0 Å². The molecule has 7 nitrogen and oxygen atoms in total. The lowest BCUT2D eigenvalue weighted by atomic mass is 10.2. The second-order valence-electron chi connectivity index (χ2n) is 6.57. The quantitative estimate of drug-likeness (QED) is 0.394. The minimum atomic E-state index is -4.75. The molecule has 0 saturated heterocycles. The highest BCUT2D eigenvalue weighted by molar-refractivity contribution is 7.92. The first-order chi connectivity index (χ1) is 15.6. The molecule has 0 unspecified atom stereocenters. The Morgan fingerprint density at radius 3 is 2.48 bits per heavy atom. The molecule has 172 valence electrons. The molecule has 0 saturated carbocycles. The van der Waals surface area contributed by atoms with Crippen LogP contribution in [0, 0.1) is 0 Å². The van der Waals surface area contributed by atoms with E-state index in [9.17, 15) is 26.4 Å². The van der Waals surface area contributed by atoms with Gasteiger partial charge >= 0.3 is 6.18 Å². The van der Waals surface area contributed by atoms with E-state index >= 15 is 0 Å². The fourth-order valence-electron chi connectivity index (χ4n) is 2.70. The molecule has 0 spiro atoms. The molecule has 1 N–H and O–H groups in total. The summed E-state index contributed by atoms with van der Waals surface area (Å²) in [5.74, 6) is -0.900. The first-order valence-electron chi connectivity index (χ1n) is 9.25. The van der Waals surface area contributed by atoms with Gasteiger partial charge in [-0.3, -0.25) is 14.1 Å². The second-order valence-corrected chi connectivity index (χ2v) is 8.84. The van der Waals surface area contributed by atoms with Gasteiger partial charge in [0.05, 0.1) is 27.4 Å². The van der Waals surface area contributed by atoms with Gasteiger partial charge < -0.3 is 0 Å². The second kappa shape index (κ2) is 10.0. The van der Waals surface area contributed by atoms with E-state index in [1.54, 1.807) is 24.4 Å². The van der Waals surface area contributed by atoms with E-state index in [0.717, 1.165) is 12.1 Å². The number of carbonyl (C=O) groups is 1. The molecule has 0 fully saturated rings. The monoisotopic (exact) mass is 496 g/mol. The number of halogens is 4. The van der Waals surface area contributed by atoms with Crippen LogP contribution in [0.4, 0.5) is 18.9 Å². The Kier molecular flexibility index (Phi) is 7.34. The Labute approximate surface area is 192 Å². The third-order valence-corrected chi connectivity index (χ3v) is 6.34. The number of anilines is 1. The number of nitrogens with zero attached hydrogens (tertiary/aromatic N) is 3. The molecule has 0 radical (unpaired) electrons. The van der Waals surface area contributed by atoms with Crippen LogP contribution in [-0.2, 0) is 21.0 Å². The Morgan fingerprint density at radius 2 is 1.85 bits per heavy atom. The molecule has 33 heavy (non-hydrogen) atoms. The number of alkyl halides is 3. The summed E-state index contributed by atoms with van der Waals surface area (Å²) in [6.07, 6.45) is -0.457. The molecule has 0 aliphatic heterocycles. The number of amides is 1. The summed E-state index contributed by atoms with van der Waals surface area (Å²) in [5.41, 5.74) is 1.09. The van der Waals surface area contributed by atoms with E-state index in [1.807, 2.05) is 0 Å². The minimum Gasteiger partial charge on any atom is -0.271 e. The lowest BCUT2D eigenvalue weighted by Gasteiger charge is -2.25. The van der Waals surface area contributed by atoms with Gasteiger partial charge in [-0.2, -0.15) is 18.3 Å². The van der Waals surface area contributed by atoms with Crippen LogP contribution in [0.25, 0.3) is 0 Å². The van der Waals surface area contributed by atoms with Crippen LogP contribution in [0.1, 0.15) is 11.1 Å². The highest BCUT2D eigenvalue weighted by Crippen LogP contribution is 2.37. The summed E-state index contributed by atoms with van der Waals surface area (Å²) in [6, 6.07) is 12.5. The number of nitrogens with one attached hydrogen (secondary N) is 1. The first-order valence-corrected chi connectivity index (χ1v) is 11.1. The maximum Gasteiger partial charge on any atom is 0.416 e. The fraction of sp³-hybridized carbons (Fsp3) is 0.0952. The molecule has 0 atom stereocenters. The minimum absolute atomic E-state index is 0.231. The lowest BCUT2D eigenvalue weighted by molar-refractivity contribution is -0.137. The van der Waals surface area contributed by atoms with Gasteiger partial charge in [0, 0.05) is 18.0 Å². The number of pyridine rings is 1. The number of carbonyl (C=O) groups excluding carboxylic acids is 1. The van der Waals surface area contributed by atoms with Gasteiger partial charge in [-0.15, -0.1) is 0 Å². The van der Waals surface area contributed by atoms with Crippen molar-refractivity contribution in [3.8, 4) is 0 Å². The average molecular weight is 497 g/mol. The van der Waals surface area contributed by atoms with Crippen molar-refractivity contribution in [2.75, 3.05) is 10.8 Å². The topological polar surface area (TPSA) is 91.7 Å². The molecule has 1 aromatic heterocycles. The summed E-state index contributed by atoms with van der Waals surface area (Å²) >= 11 is 6.06. The molecule has 2 aromatic carbocycles. The summed E-state index contributed by atoms with van der Waals surface area (Å²) in [6.45, 7) is -0.872. The van der Waals surface area contributed by atoms with Crippen LogP contribution in [0.5, 0.6) is 0 Å². The predicted molar refractivity (Wildman–Crippen MR) is 117 cm³/mol. The van der Waals surface area contributed by atoms with Crippen molar-refractivity contribution in [3.63, 3.8) is 0 Å². The van der Waals surface area contributed by atoms with Gasteiger partial charge in [0.15, 0.2) is 0 Å². The number of rotatable bonds is 7. The zero-order valence-corrected chi connectivity index (χ0v) is 18.3. The Bertz CT molecular complexity index is 1250. The average Bonchev–Trinajstić information content (AvgIpc) is 2.78. The van der Waals surface area contributed by atoms with E-state index < -0.39 is 39.9 Å². The van der Waals surface area contributed by atoms with E-state index in [2.05, 4.69) is 15.5 Å². The summed E-state index contributed by atoms with van der Waals surface area (Å²) in [5, 5.41) is 3.44. The number of aromatic nitrogens is 1. The molecular weight excluding hydrogens is 481 g/mol. The summed E-state index contributed by atoms with van der Waals surface area (Å²) in [7, 11) is -4.45. The van der Waals surface area contributed by atoms with Crippen LogP contribution in [0.2, 0.25) is 5.02 Å². The third-order valence-electron chi connectivity index (χ3n) is 4.25. The Hall–Kier alpha value is -3.44. The highest BCUT2D eigenvalue weighted by atomic mass is 35.5. The summed E-state index contributed by atoms with van der Waals surface area (Å²) < 4.78 is 66.8. The molecule has 3 rings (SSSR count). The van der Waals surface area contributed by atoms with Crippen molar-refractivity contribution in [2.45, 2.75) is 11.1 Å².